The Hall–Kier alpha value is -1.51. The van der Waals surface area contributed by atoms with Gasteiger partial charge in [-0.05, 0) is 64.2 Å². The van der Waals surface area contributed by atoms with E-state index in [4.69, 9.17) is 17.5 Å². The van der Waals surface area contributed by atoms with E-state index >= 15 is 0 Å². The topological polar surface area (TPSA) is 112 Å². The average Bonchev–Trinajstić information content (AvgIpc) is 2.99. The first-order chi connectivity index (χ1) is 21.6. The third-order valence-corrected chi connectivity index (χ3v) is 8.05. The van der Waals surface area contributed by atoms with E-state index in [1.165, 1.54) is 146 Å². The van der Waals surface area contributed by atoms with Gasteiger partial charge in [0.1, 0.15) is 0 Å². The van der Waals surface area contributed by atoms with Crippen LogP contribution in [0.1, 0.15) is 194 Å². The molecule has 0 saturated carbocycles. The molecule has 0 aromatic heterocycles. The Labute approximate surface area is 278 Å². The van der Waals surface area contributed by atoms with Crippen molar-refractivity contribution in [3.63, 3.8) is 0 Å². The van der Waals surface area contributed by atoms with E-state index < -0.39 is 10.4 Å². The first-order valence-corrected chi connectivity index (χ1v) is 19.8. The zero-order valence-electron chi connectivity index (χ0n) is 29.5. The van der Waals surface area contributed by atoms with Gasteiger partial charge in [-0.2, -0.15) is 8.42 Å². The Morgan fingerprint density at radius 3 is 0.956 bits per heavy atom. The van der Waals surface area contributed by atoms with Gasteiger partial charge in [0, 0.05) is 19.9 Å². The summed E-state index contributed by atoms with van der Waals surface area (Å²) in [6, 6.07) is 0. The fourth-order valence-corrected chi connectivity index (χ4v) is 5.17. The van der Waals surface area contributed by atoms with Gasteiger partial charge in [0.25, 0.3) is 0 Å². The maximum Gasteiger partial charge on any atom is 0.394 e. The predicted octanol–water partition coefficient (Wildman–Crippen LogP) is 11.4. The maximum absolute atomic E-state index is 12.4. The van der Waals surface area contributed by atoms with Gasteiger partial charge in [0.05, 0.1) is 0 Å². The van der Waals surface area contributed by atoms with Crippen molar-refractivity contribution < 1.29 is 27.1 Å². The van der Waals surface area contributed by atoms with E-state index in [-0.39, 0.29) is 11.8 Å². The number of rotatable bonds is 30. The van der Waals surface area contributed by atoms with Gasteiger partial charge in [0.15, 0.2) is 0 Å². The van der Waals surface area contributed by atoms with Gasteiger partial charge in [-0.15, -0.1) is 0 Å². The van der Waals surface area contributed by atoms with Crippen molar-refractivity contribution in [2.45, 2.75) is 194 Å². The van der Waals surface area contributed by atoms with E-state index in [2.05, 4.69) is 38.2 Å². The van der Waals surface area contributed by atoms with Crippen LogP contribution in [0.3, 0.4) is 0 Å². The highest BCUT2D eigenvalue weighted by molar-refractivity contribution is 7.79. The summed E-state index contributed by atoms with van der Waals surface area (Å²) in [6.07, 6.45) is 43.0. The molecule has 8 heteroatoms. The standard InChI is InChI=1S/C37H69NO2.H2O4S/c1-4-6-8-10-12-14-16-18-20-22-24-26-28-30-32-34-36(39)38(3)37(40)35-33-31-29-27-25-23-21-19-17-15-13-11-9-7-5-2;1-5(2,3)4/h18-21H,4-17,22-35H2,1-3H3;(H2,1,2,3,4). The largest absolute Gasteiger partial charge is 0.394 e. The number of imide groups is 1. The van der Waals surface area contributed by atoms with Crippen LogP contribution >= 0.6 is 0 Å². The van der Waals surface area contributed by atoms with Crippen LogP contribution in [-0.2, 0) is 20.0 Å². The fraction of sp³-hybridized carbons (Fsp3) is 0.838. The maximum atomic E-state index is 12.4. The van der Waals surface area contributed by atoms with E-state index in [0.717, 1.165) is 25.7 Å². The second-order valence-corrected chi connectivity index (χ2v) is 13.4. The van der Waals surface area contributed by atoms with Crippen LogP contribution in [0.2, 0.25) is 0 Å². The van der Waals surface area contributed by atoms with Crippen molar-refractivity contribution in [1.29, 1.82) is 0 Å². The molecule has 0 saturated heterocycles. The molecule has 0 unspecified atom stereocenters. The lowest BCUT2D eigenvalue weighted by molar-refractivity contribution is -0.143. The lowest BCUT2D eigenvalue weighted by Gasteiger charge is -2.15. The number of unbranched alkanes of at least 4 members (excludes halogenated alkanes) is 22. The number of amides is 2. The van der Waals surface area contributed by atoms with Gasteiger partial charge in [-0.1, -0.05) is 141 Å². The summed E-state index contributed by atoms with van der Waals surface area (Å²) < 4.78 is 31.6. The second-order valence-electron chi connectivity index (χ2n) is 12.5. The average molecular weight is 658 g/mol. The third-order valence-electron chi connectivity index (χ3n) is 8.05. The normalized spacial score (nSPS) is 11.7. The summed E-state index contributed by atoms with van der Waals surface area (Å²) in [5.41, 5.74) is 0. The van der Waals surface area contributed by atoms with Crippen LogP contribution in [-0.4, -0.2) is 41.3 Å². The van der Waals surface area contributed by atoms with Gasteiger partial charge in [-0.25, -0.2) is 0 Å². The van der Waals surface area contributed by atoms with Gasteiger partial charge in [-0.3, -0.25) is 23.6 Å². The predicted molar refractivity (Wildman–Crippen MR) is 191 cm³/mol. The summed E-state index contributed by atoms with van der Waals surface area (Å²) >= 11 is 0. The molecule has 2 N–H and O–H groups in total. The van der Waals surface area contributed by atoms with Gasteiger partial charge in [0.2, 0.25) is 11.8 Å². The van der Waals surface area contributed by atoms with Crippen LogP contribution in [0.4, 0.5) is 0 Å². The Kier molecular flexibility index (Phi) is 35.8. The number of carbonyl (C=O) groups excluding carboxylic acids is 2. The Morgan fingerprint density at radius 1 is 0.467 bits per heavy atom. The lowest BCUT2D eigenvalue weighted by atomic mass is 10.1. The zero-order valence-corrected chi connectivity index (χ0v) is 30.3. The van der Waals surface area contributed by atoms with Gasteiger partial charge >= 0.3 is 10.4 Å². The molecule has 45 heavy (non-hydrogen) atoms. The zero-order chi connectivity index (χ0) is 33.9. The fourth-order valence-electron chi connectivity index (χ4n) is 5.17. The summed E-state index contributed by atoms with van der Waals surface area (Å²) in [5, 5.41) is 0. The Morgan fingerprint density at radius 2 is 0.689 bits per heavy atom. The number of hydrogen-bond donors (Lipinski definition) is 2. The molecule has 0 fully saturated rings. The summed E-state index contributed by atoms with van der Waals surface area (Å²) in [7, 11) is -3.00. The monoisotopic (exact) mass is 658 g/mol. The van der Waals surface area contributed by atoms with E-state index in [1.807, 2.05) is 0 Å². The van der Waals surface area contributed by atoms with Crippen molar-refractivity contribution >= 4 is 22.2 Å². The minimum Gasteiger partial charge on any atom is -0.286 e. The Balaban J connectivity index is 0. The molecule has 0 aromatic carbocycles. The molecule has 0 rings (SSSR count). The highest BCUT2D eigenvalue weighted by Gasteiger charge is 2.15. The quantitative estimate of drug-likeness (QED) is 0.0451. The van der Waals surface area contributed by atoms with Crippen LogP contribution < -0.4 is 0 Å². The molecule has 266 valence electrons. The molecule has 0 atom stereocenters. The molecule has 0 radical (unpaired) electrons. The third kappa shape index (κ3) is 42.5. The van der Waals surface area contributed by atoms with Crippen molar-refractivity contribution in [3.05, 3.63) is 24.3 Å². The molecular weight excluding hydrogens is 586 g/mol. The summed E-state index contributed by atoms with van der Waals surface area (Å²) in [5.74, 6) is -0.00857. The minimum atomic E-state index is -4.67. The van der Waals surface area contributed by atoms with Crippen LogP contribution in [0, 0.1) is 0 Å². The number of carbonyl (C=O) groups is 2. The van der Waals surface area contributed by atoms with Crippen molar-refractivity contribution in [1.82, 2.24) is 4.90 Å². The van der Waals surface area contributed by atoms with E-state index in [9.17, 15) is 9.59 Å². The molecule has 0 aromatic rings. The highest BCUT2D eigenvalue weighted by Crippen LogP contribution is 2.13. The highest BCUT2D eigenvalue weighted by atomic mass is 32.3. The van der Waals surface area contributed by atoms with Crippen LogP contribution in [0.25, 0.3) is 0 Å². The van der Waals surface area contributed by atoms with Crippen molar-refractivity contribution in [2.24, 2.45) is 0 Å². The van der Waals surface area contributed by atoms with E-state index in [1.54, 1.807) is 7.05 Å². The Bertz CT molecular complexity index is 765. The molecule has 0 aliphatic rings. The smallest absolute Gasteiger partial charge is 0.286 e. The van der Waals surface area contributed by atoms with Crippen LogP contribution in [0.15, 0.2) is 24.3 Å². The molecular formula is C37H71NO6S. The molecule has 0 heterocycles. The molecule has 0 spiro atoms. The SMILES string of the molecule is CCCCCCCCC=CCCCCCCCC(=O)N(C)C(=O)CCCCCCCC=CCCCCCCCC.O=S(=O)(O)O. The molecule has 7 nitrogen and oxygen atoms in total. The van der Waals surface area contributed by atoms with Crippen LogP contribution in [0.5, 0.6) is 0 Å². The van der Waals surface area contributed by atoms with E-state index in [0.29, 0.717) is 12.8 Å². The first-order valence-electron chi connectivity index (χ1n) is 18.4. The lowest BCUT2D eigenvalue weighted by Crippen LogP contribution is -2.32. The minimum absolute atomic E-state index is 0.00428. The first kappa shape index (κ1) is 45.6. The summed E-state index contributed by atoms with van der Waals surface area (Å²) in [6.45, 7) is 4.54. The number of nitrogens with zero attached hydrogens (tertiary/aromatic N) is 1. The number of allylic oxidation sites excluding steroid dienone is 4. The van der Waals surface area contributed by atoms with Crippen molar-refractivity contribution in [2.75, 3.05) is 7.05 Å². The van der Waals surface area contributed by atoms with Crippen molar-refractivity contribution in [3.8, 4) is 0 Å². The molecule has 2 amide bonds. The summed E-state index contributed by atoms with van der Waals surface area (Å²) in [4.78, 5) is 26.1. The molecule has 0 bridgehead atoms. The molecule has 0 aliphatic carbocycles. The second kappa shape index (κ2) is 35.3. The number of hydrogen-bond acceptors (Lipinski definition) is 4. The molecule has 0 aliphatic heterocycles. The van der Waals surface area contributed by atoms with Gasteiger partial charge < -0.3 is 0 Å².